The predicted octanol–water partition coefficient (Wildman–Crippen LogP) is 13.1. The molecule has 0 bridgehead atoms. The van der Waals surface area contributed by atoms with Crippen LogP contribution in [0.25, 0.3) is 0 Å². The van der Waals surface area contributed by atoms with Gasteiger partial charge in [-0.1, -0.05) is 82.3 Å². The molecule has 0 radical (unpaired) electrons. The Bertz CT molecular complexity index is 2850. The first kappa shape index (κ1) is 47.6. The van der Waals surface area contributed by atoms with Crippen molar-refractivity contribution in [2.45, 2.75) is 156 Å². The minimum Gasteiger partial charge on any atom is -0.325 e. The molecule has 9 heteroatoms. The van der Waals surface area contributed by atoms with Gasteiger partial charge in [0, 0.05) is 45.7 Å². The summed E-state index contributed by atoms with van der Waals surface area (Å²) in [6.07, 6.45) is 19.9. The summed E-state index contributed by atoms with van der Waals surface area (Å²) >= 11 is 0. The molecular weight excluding hydrogens is 908 g/mol. The highest BCUT2D eigenvalue weighted by atomic mass is 19.1. The van der Waals surface area contributed by atoms with Crippen LogP contribution in [-0.4, -0.2) is 45.5 Å². The fraction of sp³-hybridized carbons (Fsp3) is 0.594. The normalized spacial score (nSPS) is 40.5. The lowest BCUT2D eigenvalue weighted by Crippen LogP contribution is -2.65. The van der Waals surface area contributed by atoms with Crippen LogP contribution in [0.4, 0.5) is 15.8 Å². The number of fused-ring (bicyclic) bond motifs is 10. The second-order valence-corrected chi connectivity index (χ2v) is 26.3. The molecule has 10 aliphatic rings. The third-order valence-corrected chi connectivity index (χ3v) is 23.0. The fourth-order valence-electron chi connectivity index (χ4n) is 19.4. The van der Waals surface area contributed by atoms with Crippen molar-refractivity contribution in [2.75, 3.05) is 10.6 Å². The molecule has 13 rings (SSSR count). The van der Waals surface area contributed by atoms with E-state index in [1.54, 1.807) is 12.1 Å². The molecule has 73 heavy (non-hydrogen) atoms. The summed E-state index contributed by atoms with van der Waals surface area (Å²) < 4.78 is 13.9. The Labute approximate surface area is 432 Å². The molecule has 8 aliphatic carbocycles. The zero-order valence-electron chi connectivity index (χ0n) is 44.1. The van der Waals surface area contributed by atoms with Crippen molar-refractivity contribution in [3.05, 3.63) is 119 Å². The van der Waals surface area contributed by atoms with E-state index in [9.17, 15) is 14.0 Å². The summed E-state index contributed by atoms with van der Waals surface area (Å²) in [6.45, 7) is 14.4. The molecule has 3 aromatic rings. The number of nitrogens with one attached hydrogen (secondary N) is 2. The maximum Gasteiger partial charge on any atom is 0.239 e. The van der Waals surface area contributed by atoms with Crippen molar-refractivity contribution < 1.29 is 23.6 Å². The first-order chi connectivity index (χ1) is 35.1. The molecule has 0 aromatic heterocycles. The number of hydrogen-bond donors (Lipinski definition) is 2. The number of anilines is 2. The van der Waals surface area contributed by atoms with Gasteiger partial charge in [-0.25, -0.2) is 4.39 Å². The fourth-order valence-corrected chi connectivity index (χ4v) is 19.4. The summed E-state index contributed by atoms with van der Waals surface area (Å²) in [5.74, 6) is 0.426. The van der Waals surface area contributed by atoms with Crippen LogP contribution in [0.15, 0.2) is 96.3 Å². The highest BCUT2D eigenvalue weighted by molar-refractivity contribution is 6.09. The molecule has 4 amide bonds. The molecule has 8 nitrogen and oxygen atoms in total. The summed E-state index contributed by atoms with van der Waals surface area (Å²) in [5, 5.41) is 6.42. The molecule has 2 heterocycles. The van der Waals surface area contributed by atoms with Crippen LogP contribution in [-0.2, 0) is 19.2 Å². The Balaban J connectivity index is 0.878. The molecule has 2 N–H and O–H groups in total. The number of likely N-dealkylation sites (tertiary alicyclic amines) is 2. The highest BCUT2D eigenvalue weighted by Gasteiger charge is 2.71. The SMILES string of the molecule is Cc1ccccc1NC(=O)C1C(=O)N(C2CC2)C2=CC[C@@H]3[C@@H](CC[C@]4(C)C(c5ccccc5C)CC[C@@H]34)[C@@]2(C)C1C1CC[C@H]2[C@@H]3CC=C4N(C5CC5)C(=O)C(C(=O)Nc5ccc(F)cc5)C[C@]4(C)[C@@H]3CC[C@]12C. The predicted molar refractivity (Wildman–Crippen MR) is 283 cm³/mol. The number of amides is 4. The summed E-state index contributed by atoms with van der Waals surface area (Å²) in [4.78, 5) is 64.6. The van der Waals surface area contributed by atoms with Crippen molar-refractivity contribution >= 4 is 35.0 Å². The molecule has 2 saturated heterocycles. The van der Waals surface area contributed by atoms with Gasteiger partial charge in [0.1, 0.15) is 17.7 Å². The van der Waals surface area contributed by atoms with E-state index in [4.69, 9.17) is 0 Å². The van der Waals surface area contributed by atoms with E-state index < -0.39 is 11.8 Å². The van der Waals surface area contributed by atoms with Gasteiger partial charge in [-0.2, -0.15) is 0 Å². The second kappa shape index (κ2) is 17.0. The molecule has 384 valence electrons. The topological polar surface area (TPSA) is 98.8 Å². The van der Waals surface area contributed by atoms with Crippen LogP contribution < -0.4 is 10.6 Å². The number of para-hydroxylation sites is 1. The Morgan fingerprint density at radius 2 is 1.18 bits per heavy atom. The van der Waals surface area contributed by atoms with Crippen molar-refractivity contribution in [1.29, 1.82) is 0 Å². The van der Waals surface area contributed by atoms with Crippen molar-refractivity contribution in [2.24, 2.45) is 80.8 Å². The van der Waals surface area contributed by atoms with Gasteiger partial charge in [-0.05, 0) is 221 Å². The number of piperidine rings is 2. The van der Waals surface area contributed by atoms with Crippen molar-refractivity contribution in [3.63, 3.8) is 0 Å². The third-order valence-electron chi connectivity index (χ3n) is 23.0. The number of rotatable bonds is 8. The average Bonchev–Trinajstić information content (AvgIpc) is 4.31. The lowest BCUT2D eigenvalue weighted by atomic mass is 9.41. The Hall–Kier alpha value is -5.05. The lowest BCUT2D eigenvalue weighted by Gasteiger charge is -2.65. The largest absolute Gasteiger partial charge is 0.325 e. The maximum absolute atomic E-state index is 15.9. The summed E-state index contributed by atoms with van der Waals surface area (Å²) in [6, 6.07) is 23.2. The zero-order valence-corrected chi connectivity index (χ0v) is 44.1. The van der Waals surface area contributed by atoms with Gasteiger partial charge in [-0.15, -0.1) is 0 Å². The molecule has 6 saturated carbocycles. The lowest BCUT2D eigenvalue weighted by molar-refractivity contribution is -0.170. The standard InChI is InChI=1S/C64H77FN4O4/c1-36-11-7-9-13-42(36)46-25-26-48-44-24-30-54-64(6,50(44)32-34-61(46,48)3)56(55(60(73)69(54)41-21-22-41)58(71)67-52-14-10-8-12-37(52)2)51-28-27-47-43-23-29-53-63(5,49(43)31-33-62(47,51)4)35-45(59(72)68(53)40-19-20-40)57(70)66-39-17-15-38(65)16-18-39/h7-18,29-30,40-41,43-51,55-56H,19-28,31-35H2,1-6H3,(H,66,70)(H,67,71)/t43-,44-,45?,46?,47-,48-,49+,50+,51?,55?,56?,61+,62-,63+,64+/m0/s1. The quantitative estimate of drug-likeness (QED) is 0.220. The summed E-state index contributed by atoms with van der Waals surface area (Å²) in [7, 11) is 0. The van der Waals surface area contributed by atoms with E-state index in [0.29, 0.717) is 47.6 Å². The Morgan fingerprint density at radius 3 is 1.88 bits per heavy atom. The smallest absolute Gasteiger partial charge is 0.239 e. The maximum atomic E-state index is 15.9. The van der Waals surface area contributed by atoms with Gasteiger partial charge in [0.15, 0.2) is 0 Å². The Morgan fingerprint density at radius 1 is 0.589 bits per heavy atom. The highest BCUT2D eigenvalue weighted by Crippen LogP contribution is 2.75. The molecule has 0 spiro atoms. The first-order valence-electron chi connectivity index (χ1n) is 28.6. The van der Waals surface area contributed by atoms with Gasteiger partial charge in [0.25, 0.3) is 0 Å². The molecule has 2 aliphatic heterocycles. The number of carbonyl (C=O) groups excluding carboxylic acids is 4. The number of nitrogens with zero attached hydrogens (tertiary/aromatic N) is 2. The average molecular weight is 985 g/mol. The summed E-state index contributed by atoms with van der Waals surface area (Å²) in [5.41, 5.74) is 6.92. The zero-order chi connectivity index (χ0) is 50.5. The van der Waals surface area contributed by atoms with E-state index in [1.807, 2.05) is 36.1 Å². The monoisotopic (exact) mass is 985 g/mol. The molecule has 15 atom stereocenters. The van der Waals surface area contributed by atoms with E-state index >= 15 is 9.59 Å². The van der Waals surface area contributed by atoms with Crippen LogP contribution >= 0.6 is 0 Å². The minimum absolute atomic E-state index is 0.0253. The number of aryl methyl sites for hydroxylation is 2. The van der Waals surface area contributed by atoms with E-state index in [0.717, 1.165) is 94.0 Å². The van der Waals surface area contributed by atoms with Gasteiger partial charge < -0.3 is 20.4 Å². The third kappa shape index (κ3) is 7.06. The second-order valence-electron chi connectivity index (χ2n) is 26.3. The van der Waals surface area contributed by atoms with E-state index in [1.165, 1.54) is 41.8 Å². The molecular formula is C64H77FN4O4. The van der Waals surface area contributed by atoms with Gasteiger partial charge in [0.05, 0.1) is 0 Å². The van der Waals surface area contributed by atoms with Gasteiger partial charge in [0.2, 0.25) is 23.6 Å². The Kier molecular flexibility index (Phi) is 11.1. The van der Waals surface area contributed by atoms with Crippen LogP contribution in [0, 0.1) is 101 Å². The number of carbonyl (C=O) groups is 4. The van der Waals surface area contributed by atoms with Crippen LogP contribution in [0.1, 0.15) is 147 Å². The van der Waals surface area contributed by atoms with E-state index in [2.05, 4.69) is 86.6 Å². The van der Waals surface area contributed by atoms with Crippen molar-refractivity contribution in [1.82, 2.24) is 9.80 Å². The number of hydrogen-bond acceptors (Lipinski definition) is 4. The van der Waals surface area contributed by atoms with Gasteiger partial charge in [-0.3, -0.25) is 19.2 Å². The number of halogens is 1. The molecule has 3 aromatic carbocycles. The van der Waals surface area contributed by atoms with Gasteiger partial charge >= 0.3 is 0 Å². The van der Waals surface area contributed by atoms with E-state index in [-0.39, 0.29) is 80.9 Å². The minimum atomic E-state index is -0.833. The number of allylic oxidation sites excluding steroid dienone is 4. The van der Waals surface area contributed by atoms with Crippen LogP contribution in [0.5, 0.6) is 0 Å². The van der Waals surface area contributed by atoms with Crippen LogP contribution in [0.2, 0.25) is 0 Å². The molecule has 5 unspecified atom stereocenters. The van der Waals surface area contributed by atoms with Crippen molar-refractivity contribution in [3.8, 4) is 0 Å². The first-order valence-corrected chi connectivity index (χ1v) is 28.6. The van der Waals surface area contributed by atoms with Crippen LogP contribution in [0.3, 0.4) is 0 Å². The molecule has 8 fully saturated rings. The number of benzene rings is 3.